The number of sulfonamides is 1. The molecule has 1 aliphatic heterocycles. The first-order chi connectivity index (χ1) is 23.3. The van der Waals surface area contributed by atoms with Crippen LogP contribution in [0, 0.1) is 11.7 Å². The summed E-state index contributed by atoms with van der Waals surface area (Å²) in [6.07, 6.45) is 1.77. The minimum Gasteiger partial charge on any atom is -0.490 e. The van der Waals surface area contributed by atoms with Gasteiger partial charge in [0.25, 0.3) is 15.9 Å². The number of amides is 1. The summed E-state index contributed by atoms with van der Waals surface area (Å²) < 4.78 is 54.8. The molecule has 0 fully saturated rings. The maximum Gasteiger partial charge on any atom is 0.335 e. The Morgan fingerprint density at radius 3 is 2.43 bits per heavy atom. The van der Waals surface area contributed by atoms with Crippen LogP contribution in [0.2, 0.25) is 0 Å². The van der Waals surface area contributed by atoms with Crippen LogP contribution in [0.3, 0.4) is 0 Å². The van der Waals surface area contributed by atoms with Gasteiger partial charge >= 0.3 is 5.97 Å². The molecule has 0 saturated carbocycles. The molecule has 3 aromatic carbocycles. The van der Waals surface area contributed by atoms with Gasteiger partial charge in [-0.2, -0.15) is 0 Å². The Hall–Kier alpha value is -4.04. The fourth-order valence-electron chi connectivity index (χ4n) is 5.71. The van der Waals surface area contributed by atoms with Crippen LogP contribution in [0.4, 0.5) is 10.1 Å². The normalized spacial score (nSPS) is 20.2. The Balaban J connectivity index is 1.62. The first kappa shape index (κ1) is 37.8. The van der Waals surface area contributed by atoms with Gasteiger partial charge in [0.1, 0.15) is 11.6 Å². The number of nitrogens with zero attached hydrogens (tertiary/aromatic N) is 2. The SMILES string of the molecule is C[C@@H]1CCCCO[C@@H](CN(C)Cc2ccc(C(=O)O)cc2)[C@@H](C)CN([C@H](C)CO)C(=O)c2cc(NS(=O)(=O)c3ccc(F)cc3)ccc2O1. The second kappa shape index (κ2) is 17.1. The molecule has 13 heteroatoms. The van der Waals surface area contributed by atoms with Crippen LogP contribution in [0.5, 0.6) is 5.75 Å². The molecular weight excluding hydrogens is 653 g/mol. The Bertz CT molecular complexity index is 1670. The molecule has 3 N–H and O–H groups in total. The first-order valence-corrected chi connectivity index (χ1v) is 17.9. The standard InChI is InChI=1S/C36H46FN3O8S/c1-24-20-40(25(2)23-41)35(42)32-19-30(38-49(45,46)31-15-12-29(37)13-16-31)14-17-33(32)48-26(3)7-5-6-18-47-34(24)22-39(4)21-27-8-10-28(11-9-27)36(43)44/h8-17,19,24-26,34,38,41H,5-7,18,20-23H2,1-4H3,(H,43,44)/t24-,25+,26+,34-/m0/s1. The number of carboxylic acid groups (broad SMARTS) is 1. The molecule has 0 spiro atoms. The number of carboxylic acids is 1. The number of anilines is 1. The number of aromatic carboxylic acids is 1. The smallest absolute Gasteiger partial charge is 0.335 e. The lowest BCUT2D eigenvalue weighted by Crippen LogP contribution is -2.47. The fraction of sp³-hybridized carbons (Fsp3) is 0.444. The van der Waals surface area contributed by atoms with Crippen LogP contribution < -0.4 is 9.46 Å². The molecule has 1 amide bonds. The van der Waals surface area contributed by atoms with Crippen molar-refractivity contribution in [2.75, 3.05) is 38.1 Å². The van der Waals surface area contributed by atoms with Crippen LogP contribution in [0.1, 0.15) is 66.3 Å². The average Bonchev–Trinajstić information content (AvgIpc) is 3.06. The third kappa shape index (κ3) is 10.5. The van der Waals surface area contributed by atoms with E-state index < -0.39 is 33.8 Å². The average molecular weight is 700 g/mol. The number of halogens is 1. The van der Waals surface area contributed by atoms with Crippen LogP contribution in [0.15, 0.2) is 71.6 Å². The molecule has 0 bridgehead atoms. The van der Waals surface area contributed by atoms with Gasteiger partial charge in [-0.25, -0.2) is 17.6 Å². The highest BCUT2D eigenvalue weighted by Crippen LogP contribution is 2.29. The Morgan fingerprint density at radius 1 is 1.08 bits per heavy atom. The summed E-state index contributed by atoms with van der Waals surface area (Å²) in [4.78, 5) is 29.1. The van der Waals surface area contributed by atoms with E-state index in [1.807, 2.05) is 20.9 Å². The molecule has 11 nitrogen and oxygen atoms in total. The number of nitrogens with one attached hydrogen (secondary N) is 1. The van der Waals surface area contributed by atoms with Gasteiger partial charge in [0.2, 0.25) is 0 Å². The van der Waals surface area contributed by atoms with E-state index in [-0.39, 0.29) is 53.0 Å². The van der Waals surface area contributed by atoms with Crippen LogP contribution in [-0.2, 0) is 21.3 Å². The summed E-state index contributed by atoms with van der Waals surface area (Å²) >= 11 is 0. The molecule has 4 atom stereocenters. The lowest BCUT2D eigenvalue weighted by atomic mass is 10.0. The van der Waals surface area contributed by atoms with E-state index in [0.717, 1.165) is 42.7 Å². The number of carbonyl (C=O) groups is 2. The van der Waals surface area contributed by atoms with E-state index in [1.54, 1.807) is 42.2 Å². The monoisotopic (exact) mass is 699 g/mol. The Morgan fingerprint density at radius 2 is 1.78 bits per heavy atom. The number of hydrogen-bond acceptors (Lipinski definition) is 8. The first-order valence-electron chi connectivity index (χ1n) is 16.4. The summed E-state index contributed by atoms with van der Waals surface area (Å²) in [6, 6.07) is 15.1. The summed E-state index contributed by atoms with van der Waals surface area (Å²) in [6.45, 7) is 7.16. The minimum absolute atomic E-state index is 0.123. The maximum atomic E-state index is 14.4. The molecule has 0 saturated heterocycles. The van der Waals surface area contributed by atoms with Gasteiger partial charge in [0.15, 0.2) is 0 Å². The number of ether oxygens (including phenoxy) is 2. The van der Waals surface area contributed by atoms with Crippen LogP contribution >= 0.6 is 0 Å². The number of aliphatic hydroxyl groups is 1. The zero-order valence-corrected chi connectivity index (χ0v) is 29.2. The molecule has 0 aromatic heterocycles. The van der Waals surface area contributed by atoms with Crippen molar-refractivity contribution in [3.8, 4) is 5.75 Å². The molecule has 1 heterocycles. The Labute approximate surface area is 287 Å². The number of likely N-dealkylation sites (N-methyl/N-ethyl adjacent to an activating group) is 1. The van der Waals surface area contributed by atoms with Gasteiger partial charge in [-0.05, 0) is 100 Å². The van der Waals surface area contributed by atoms with E-state index in [9.17, 15) is 32.6 Å². The van der Waals surface area contributed by atoms with Crippen molar-refractivity contribution < 1.29 is 42.1 Å². The van der Waals surface area contributed by atoms with Crippen molar-refractivity contribution in [3.63, 3.8) is 0 Å². The van der Waals surface area contributed by atoms with E-state index in [2.05, 4.69) is 9.62 Å². The highest BCUT2D eigenvalue weighted by Gasteiger charge is 2.31. The molecule has 0 aliphatic carbocycles. The highest BCUT2D eigenvalue weighted by molar-refractivity contribution is 7.92. The molecule has 266 valence electrons. The largest absolute Gasteiger partial charge is 0.490 e. The molecule has 4 rings (SSSR count). The van der Waals surface area contributed by atoms with Crippen LogP contribution in [-0.4, -0.2) is 91.9 Å². The number of rotatable bonds is 10. The van der Waals surface area contributed by atoms with E-state index in [0.29, 0.717) is 31.9 Å². The summed E-state index contributed by atoms with van der Waals surface area (Å²) in [5.74, 6) is -1.88. The van der Waals surface area contributed by atoms with Gasteiger partial charge in [-0.3, -0.25) is 14.4 Å². The van der Waals surface area contributed by atoms with Crippen LogP contribution in [0.25, 0.3) is 0 Å². The molecule has 49 heavy (non-hydrogen) atoms. The summed E-state index contributed by atoms with van der Waals surface area (Å²) in [7, 11) is -2.14. The lowest BCUT2D eigenvalue weighted by Gasteiger charge is -2.36. The predicted molar refractivity (Wildman–Crippen MR) is 184 cm³/mol. The maximum absolute atomic E-state index is 14.4. The third-order valence-electron chi connectivity index (χ3n) is 8.57. The van der Waals surface area contributed by atoms with Gasteiger partial charge in [-0.1, -0.05) is 19.1 Å². The zero-order chi connectivity index (χ0) is 35.7. The van der Waals surface area contributed by atoms with E-state index in [1.165, 1.54) is 12.1 Å². The number of hydrogen-bond donors (Lipinski definition) is 3. The topological polar surface area (TPSA) is 146 Å². The van der Waals surface area contributed by atoms with Gasteiger partial charge in [-0.15, -0.1) is 0 Å². The zero-order valence-electron chi connectivity index (χ0n) is 28.3. The van der Waals surface area contributed by atoms with E-state index >= 15 is 0 Å². The molecule has 3 aromatic rings. The summed E-state index contributed by atoms with van der Waals surface area (Å²) in [5.41, 5.74) is 1.42. The van der Waals surface area contributed by atoms with Gasteiger partial charge in [0, 0.05) is 37.8 Å². The fourth-order valence-corrected chi connectivity index (χ4v) is 6.76. The van der Waals surface area contributed by atoms with Crippen molar-refractivity contribution in [1.82, 2.24) is 9.80 Å². The van der Waals surface area contributed by atoms with Crippen molar-refractivity contribution in [1.29, 1.82) is 0 Å². The van der Waals surface area contributed by atoms with Gasteiger partial charge < -0.3 is 24.6 Å². The second-order valence-electron chi connectivity index (χ2n) is 12.8. The minimum atomic E-state index is -4.09. The quantitative estimate of drug-likeness (QED) is 0.258. The molecule has 0 unspecified atom stereocenters. The van der Waals surface area contributed by atoms with Gasteiger partial charge in [0.05, 0.1) is 40.9 Å². The highest BCUT2D eigenvalue weighted by atomic mass is 32.2. The molecule has 0 radical (unpaired) electrons. The number of aliphatic hydroxyl groups excluding tert-OH is 1. The van der Waals surface area contributed by atoms with Crippen molar-refractivity contribution in [2.24, 2.45) is 5.92 Å². The summed E-state index contributed by atoms with van der Waals surface area (Å²) in [5, 5.41) is 19.4. The number of carbonyl (C=O) groups excluding carboxylic acids is 1. The van der Waals surface area contributed by atoms with Crippen molar-refractivity contribution in [2.45, 2.75) is 69.7 Å². The number of fused-ring (bicyclic) bond motifs is 1. The third-order valence-corrected chi connectivity index (χ3v) is 9.97. The lowest BCUT2D eigenvalue weighted by molar-refractivity contribution is -0.0177. The van der Waals surface area contributed by atoms with E-state index in [4.69, 9.17) is 9.47 Å². The molecular formula is C36H46FN3O8S. The Kier molecular flexibility index (Phi) is 13.2. The number of benzene rings is 3. The van der Waals surface area contributed by atoms with Crippen molar-refractivity contribution >= 4 is 27.6 Å². The second-order valence-corrected chi connectivity index (χ2v) is 14.5. The van der Waals surface area contributed by atoms with Crippen molar-refractivity contribution in [3.05, 3.63) is 89.2 Å². The molecule has 1 aliphatic rings. The predicted octanol–water partition coefficient (Wildman–Crippen LogP) is 5.25.